The van der Waals surface area contributed by atoms with Crippen molar-refractivity contribution in [1.82, 2.24) is 4.90 Å². The summed E-state index contributed by atoms with van der Waals surface area (Å²) in [5, 5.41) is 0. The van der Waals surface area contributed by atoms with Crippen LogP contribution in [0.1, 0.15) is 12.8 Å². The average molecular weight is 235 g/mol. The van der Waals surface area contributed by atoms with Crippen LogP contribution in [0.4, 0.5) is 0 Å². The fourth-order valence-electron chi connectivity index (χ4n) is 1.96. The third-order valence-corrected chi connectivity index (χ3v) is 3.05. The molecule has 1 heterocycles. The Morgan fingerprint density at radius 3 is 2.71 bits per heavy atom. The molecule has 2 rings (SSSR count). The highest BCUT2D eigenvalue weighted by Gasteiger charge is 2.15. The molecule has 1 saturated heterocycles. The van der Waals surface area contributed by atoms with Gasteiger partial charge in [0, 0.05) is 38.0 Å². The Balaban J connectivity index is 1.77. The summed E-state index contributed by atoms with van der Waals surface area (Å²) in [4.78, 5) is 25.1. The first-order valence-corrected chi connectivity index (χ1v) is 6.00. The van der Waals surface area contributed by atoms with E-state index in [9.17, 15) is 9.59 Å². The summed E-state index contributed by atoms with van der Waals surface area (Å²) >= 11 is 0. The van der Waals surface area contributed by atoms with Crippen LogP contribution in [0.5, 0.6) is 0 Å². The van der Waals surface area contributed by atoms with Crippen LogP contribution in [0.3, 0.4) is 0 Å². The molecule has 0 amide bonds. The molecule has 0 spiro atoms. The van der Waals surface area contributed by atoms with Crippen LogP contribution < -0.4 is 0 Å². The molecule has 1 aliphatic carbocycles. The SMILES string of the molecule is O=C1C=CC(C(=O)CCN2CCOCC2)=CC1. The van der Waals surface area contributed by atoms with Crippen LogP contribution in [0.25, 0.3) is 0 Å². The molecule has 0 radical (unpaired) electrons. The van der Waals surface area contributed by atoms with E-state index in [0.29, 0.717) is 18.4 Å². The maximum Gasteiger partial charge on any atom is 0.163 e. The fraction of sp³-hybridized carbons (Fsp3) is 0.538. The summed E-state index contributed by atoms with van der Waals surface area (Å²) in [6, 6.07) is 0. The van der Waals surface area contributed by atoms with E-state index < -0.39 is 0 Å². The van der Waals surface area contributed by atoms with Gasteiger partial charge in [0.1, 0.15) is 0 Å². The predicted molar refractivity (Wildman–Crippen MR) is 63.7 cm³/mol. The predicted octanol–water partition coefficient (Wildman–Crippen LogP) is 0.733. The molecule has 17 heavy (non-hydrogen) atoms. The second-order valence-electron chi connectivity index (χ2n) is 4.29. The van der Waals surface area contributed by atoms with Crippen molar-refractivity contribution < 1.29 is 14.3 Å². The number of ketones is 2. The van der Waals surface area contributed by atoms with Crippen LogP contribution in [-0.2, 0) is 14.3 Å². The number of hydrogen-bond acceptors (Lipinski definition) is 4. The molecule has 2 aliphatic rings. The molecular formula is C13H17NO3. The molecule has 0 saturated carbocycles. The van der Waals surface area contributed by atoms with Crippen molar-refractivity contribution >= 4 is 11.6 Å². The lowest BCUT2D eigenvalue weighted by atomic mass is 10.0. The summed E-state index contributed by atoms with van der Waals surface area (Å²) in [5.74, 6) is 0.190. The number of morpholine rings is 1. The standard InChI is InChI=1S/C13H17NO3/c15-12-3-1-11(2-4-12)13(16)5-6-14-7-9-17-10-8-14/h1-3H,4-10H2. The summed E-state index contributed by atoms with van der Waals surface area (Å²) in [6.07, 6.45) is 5.72. The molecule has 0 N–H and O–H groups in total. The van der Waals surface area contributed by atoms with Crippen molar-refractivity contribution in [2.24, 2.45) is 0 Å². The van der Waals surface area contributed by atoms with Gasteiger partial charge in [-0.25, -0.2) is 0 Å². The first-order valence-electron chi connectivity index (χ1n) is 6.00. The second-order valence-corrected chi connectivity index (χ2v) is 4.29. The lowest BCUT2D eigenvalue weighted by molar-refractivity contribution is -0.115. The smallest absolute Gasteiger partial charge is 0.163 e. The van der Waals surface area contributed by atoms with Crippen LogP contribution in [-0.4, -0.2) is 49.3 Å². The van der Waals surface area contributed by atoms with Crippen LogP contribution in [0, 0.1) is 0 Å². The number of nitrogens with zero attached hydrogens (tertiary/aromatic N) is 1. The molecule has 0 bridgehead atoms. The van der Waals surface area contributed by atoms with Gasteiger partial charge in [0.2, 0.25) is 0 Å². The van der Waals surface area contributed by atoms with Gasteiger partial charge >= 0.3 is 0 Å². The Bertz CT molecular complexity index is 365. The minimum Gasteiger partial charge on any atom is -0.379 e. The number of ether oxygens (including phenoxy) is 1. The van der Waals surface area contributed by atoms with Gasteiger partial charge in [-0.3, -0.25) is 14.5 Å². The van der Waals surface area contributed by atoms with E-state index >= 15 is 0 Å². The van der Waals surface area contributed by atoms with E-state index in [0.717, 1.165) is 32.8 Å². The number of carbonyl (C=O) groups excluding carboxylic acids is 2. The lowest BCUT2D eigenvalue weighted by Crippen LogP contribution is -2.37. The zero-order valence-electron chi connectivity index (χ0n) is 9.85. The Morgan fingerprint density at radius 2 is 2.06 bits per heavy atom. The number of allylic oxidation sites excluding steroid dienone is 4. The van der Waals surface area contributed by atoms with E-state index in [1.165, 1.54) is 6.08 Å². The Labute approximate surface area is 101 Å². The van der Waals surface area contributed by atoms with Gasteiger partial charge in [0.15, 0.2) is 11.6 Å². The highest BCUT2D eigenvalue weighted by atomic mass is 16.5. The number of hydrogen-bond donors (Lipinski definition) is 0. The summed E-state index contributed by atoms with van der Waals surface area (Å²) in [6.45, 7) is 4.10. The van der Waals surface area contributed by atoms with E-state index in [1.54, 1.807) is 12.2 Å². The highest BCUT2D eigenvalue weighted by Crippen LogP contribution is 2.11. The molecule has 0 atom stereocenters. The Kier molecular flexibility index (Phi) is 4.23. The van der Waals surface area contributed by atoms with Crippen molar-refractivity contribution in [2.45, 2.75) is 12.8 Å². The monoisotopic (exact) mass is 235 g/mol. The minimum atomic E-state index is 0.0646. The van der Waals surface area contributed by atoms with Gasteiger partial charge in [-0.05, 0) is 12.2 Å². The largest absolute Gasteiger partial charge is 0.379 e. The zero-order chi connectivity index (χ0) is 12.1. The highest BCUT2D eigenvalue weighted by molar-refractivity contribution is 6.03. The van der Waals surface area contributed by atoms with Gasteiger partial charge in [-0.1, -0.05) is 6.08 Å². The van der Waals surface area contributed by atoms with Crippen molar-refractivity contribution in [3.63, 3.8) is 0 Å². The van der Waals surface area contributed by atoms with Gasteiger partial charge in [-0.2, -0.15) is 0 Å². The first-order chi connectivity index (χ1) is 8.25. The van der Waals surface area contributed by atoms with Gasteiger partial charge in [0.05, 0.1) is 13.2 Å². The second kappa shape index (κ2) is 5.89. The minimum absolute atomic E-state index is 0.0646. The molecule has 1 fully saturated rings. The zero-order valence-corrected chi connectivity index (χ0v) is 9.85. The van der Waals surface area contributed by atoms with Gasteiger partial charge < -0.3 is 4.74 Å². The molecule has 4 heteroatoms. The fourth-order valence-corrected chi connectivity index (χ4v) is 1.96. The number of carbonyl (C=O) groups is 2. The van der Waals surface area contributed by atoms with Crippen molar-refractivity contribution in [3.8, 4) is 0 Å². The summed E-state index contributed by atoms with van der Waals surface area (Å²) in [7, 11) is 0. The molecule has 92 valence electrons. The molecule has 1 aliphatic heterocycles. The maximum absolute atomic E-state index is 11.9. The van der Waals surface area contributed by atoms with E-state index in [2.05, 4.69) is 4.90 Å². The quantitative estimate of drug-likeness (QED) is 0.721. The normalized spacial score (nSPS) is 21.4. The van der Waals surface area contributed by atoms with Crippen LogP contribution >= 0.6 is 0 Å². The molecule has 0 aromatic heterocycles. The van der Waals surface area contributed by atoms with Crippen LogP contribution in [0.15, 0.2) is 23.8 Å². The van der Waals surface area contributed by atoms with Crippen LogP contribution in [0.2, 0.25) is 0 Å². The molecule has 0 aromatic rings. The Morgan fingerprint density at radius 1 is 1.29 bits per heavy atom. The van der Waals surface area contributed by atoms with Crippen molar-refractivity contribution in [2.75, 3.05) is 32.8 Å². The summed E-state index contributed by atoms with van der Waals surface area (Å²) in [5.41, 5.74) is 0.679. The number of Topliss-reactive ketones (excluding diaryl/α,β-unsaturated/α-hetero) is 1. The van der Waals surface area contributed by atoms with Gasteiger partial charge in [0.25, 0.3) is 0 Å². The number of rotatable bonds is 4. The van der Waals surface area contributed by atoms with E-state index in [4.69, 9.17) is 4.74 Å². The lowest BCUT2D eigenvalue weighted by Gasteiger charge is -2.26. The molecule has 0 unspecified atom stereocenters. The van der Waals surface area contributed by atoms with Gasteiger partial charge in [-0.15, -0.1) is 0 Å². The Hall–Kier alpha value is -1.26. The molecule has 0 aromatic carbocycles. The molecule has 4 nitrogen and oxygen atoms in total. The molecular weight excluding hydrogens is 218 g/mol. The average Bonchev–Trinajstić information content (AvgIpc) is 2.38. The van der Waals surface area contributed by atoms with Crippen molar-refractivity contribution in [1.29, 1.82) is 0 Å². The topological polar surface area (TPSA) is 46.6 Å². The summed E-state index contributed by atoms with van der Waals surface area (Å²) < 4.78 is 5.25. The third kappa shape index (κ3) is 3.61. The van der Waals surface area contributed by atoms with E-state index in [1.807, 2.05) is 0 Å². The third-order valence-electron chi connectivity index (χ3n) is 3.05. The van der Waals surface area contributed by atoms with E-state index in [-0.39, 0.29) is 11.6 Å². The van der Waals surface area contributed by atoms with Crippen molar-refractivity contribution in [3.05, 3.63) is 23.8 Å². The first kappa shape index (κ1) is 12.2. The maximum atomic E-state index is 11.9.